The highest BCUT2D eigenvalue weighted by Crippen LogP contribution is 2.39. The van der Waals surface area contributed by atoms with Crippen LogP contribution in [0.2, 0.25) is 5.02 Å². The predicted molar refractivity (Wildman–Crippen MR) is 144 cm³/mol. The summed E-state index contributed by atoms with van der Waals surface area (Å²) in [5, 5.41) is 4.92. The van der Waals surface area contributed by atoms with Gasteiger partial charge in [0, 0.05) is 28.5 Å². The van der Waals surface area contributed by atoms with Gasteiger partial charge in [-0.2, -0.15) is 0 Å². The van der Waals surface area contributed by atoms with Crippen LogP contribution in [0.25, 0.3) is 22.3 Å². The number of nitrogens with two attached hydrogens (primary N) is 1. The Labute approximate surface area is 204 Å². The van der Waals surface area contributed by atoms with Gasteiger partial charge in [0.25, 0.3) is 0 Å². The Hall–Kier alpha value is -2.27. The third-order valence-electron chi connectivity index (χ3n) is 4.96. The Morgan fingerprint density at radius 2 is 1.56 bits per heavy atom. The van der Waals surface area contributed by atoms with Gasteiger partial charge in [0.05, 0.1) is 0 Å². The van der Waals surface area contributed by atoms with E-state index in [2.05, 4.69) is 60.7 Å². The van der Waals surface area contributed by atoms with Crippen LogP contribution in [-0.4, -0.2) is 10.6 Å². The molecule has 172 valence electrons. The van der Waals surface area contributed by atoms with E-state index in [1.807, 2.05) is 72.1 Å². The van der Waals surface area contributed by atoms with Crippen molar-refractivity contribution >= 4 is 24.4 Å². The molecular formula is C27H35ClN2OS. The van der Waals surface area contributed by atoms with Crippen LogP contribution >= 0.6 is 24.4 Å². The molecule has 3 aromatic rings. The lowest BCUT2D eigenvalue weighted by atomic mass is 9.93. The number of thiol groups is 1. The van der Waals surface area contributed by atoms with Crippen molar-refractivity contribution in [3.8, 4) is 28.0 Å². The van der Waals surface area contributed by atoms with Crippen LogP contribution in [0, 0.1) is 13.8 Å². The van der Waals surface area contributed by atoms with Gasteiger partial charge in [-0.15, -0.1) is 12.8 Å². The van der Waals surface area contributed by atoms with Crippen LogP contribution in [0.4, 0.5) is 0 Å². The van der Waals surface area contributed by atoms with Crippen molar-refractivity contribution < 1.29 is 4.74 Å². The van der Waals surface area contributed by atoms with Crippen LogP contribution < -0.4 is 9.88 Å². The molecular weight excluding hydrogens is 436 g/mol. The van der Waals surface area contributed by atoms with Gasteiger partial charge < -0.3 is 4.74 Å². The van der Waals surface area contributed by atoms with Crippen LogP contribution in [0.3, 0.4) is 0 Å². The predicted octanol–water partition coefficient (Wildman–Crippen LogP) is 8.24. The third kappa shape index (κ3) is 7.13. The highest BCUT2D eigenvalue weighted by atomic mass is 35.5. The number of ether oxygens (including phenoxy) is 1. The largest absolute Gasteiger partial charge is 0.484 e. The minimum atomic E-state index is -0.410. The van der Waals surface area contributed by atoms with Gasteiger partial charge in [-0.1, -0.05) is 50.2 Å². The van der Waals surface area contributed by atoms with E-state index < -0.39 is 5.60 Å². The van der Waals surface area contributed by atoms with E-state index in [4.69, 9.17) is 16.3 Å². The van der Waals surface area contributed by atoms with Gasteiger partial charge in [0.2, 0.25) is 0 Å². The number of halogens is 1. The molecule has 1 heterocycles. The molecule has 0 saturated carbocycles. The van der Waals surface area contributed by atoms with E-state index in [9.17, 15) is 0 Å². The molecule has 2 aromatic carbocycles. The lowest BCUT2D eigenvalue weighted by molar-refractivity contribution is 0.149. The van der Waals surface area contributed by atoms with Crippen molar-refractivity contribution in [3.63, 3.8) is 0 Å². The van der Waals surface area contributed by atoms with E-state index in [-0.39, 0.29) is 0 Å². The lowest BCUT2D eigenvalue weighted by Crippen LogP contribution is -2.28. The second-order valence-corrected chi connectivity index (χ2v) is 8.24. The summed E-state index contributed by atoms with van der Waals surface area (Å²) < 4.78 is 6.10. The third-order valence-corrected chi connectivity index (χ3v) is 5.26. The molecule has 3 nitrogen and oxygen atoms in total. The Kier molecular flexibility index (Phi) is 11.0. The minimum absolute atomic E-state index is 0.410. The van der Waals surface area contributed by atoms with E-state index in [1.54, 1.807) is 0 Å². The average Bonchev–Trinajstić information content (AvgIpc) is 2.76. The number of hydrogen-bond donors (Lipinski definition) is 2. The first kappa shape index (κ1) is 27.8. The maximum absolute atomic E-state index is 6.66. The molecule has 0 saturated heterocycles. The lowest BCUT2D eigenvalue weighted by Gasteiger charge is -2.27. The average molecular weight is 471 g/mol. The quantitative estimate of drug-likeness (QED) is 0.291. The summed E-state index contributed by atoms with van der Waals surface area (Å²) >= 11 is 9.69. The highest BCUT2D eigenvalue weighted by Gasteiger charge is 2.21. The molecule has 0 aliphatic heterocycles. The number of aromatic nitrogens is 1. The summed E-state index contributed by atoms with van der Waals surface area (Å²) in [6.07, 6.45) is 3.71. The smallest absolute Gasteiger partial charge is 0.124 e. The number of benzene rings is 2. The van der Waals surface area contributed by atoms with Gasteiger partial charge in [-0.25, -0.2) is 0 Å². The number of rotatable bonds is 5. The fourth-order valence-corrected chi connectivity index (χ4v) is 3.42. The topological polar surface area (TPSA) is 48.1 Å². The number of hydrogen-bond acceptors (Lipinski definition) is 4. The van der Waals surface area contributed by atoms with Crippen molar-refractivity contribution in [2.75, 3.05) is 0 Å². The van der Waals surface area contributed by atoms with Gasteiger partial charge >= 0.3 is 0 Å². The summed E-state index contributed by atoms with van der Waals surface area (Å²) in [5.41, 5.74) is 6.98. The second kappa shape index (κ2) is 12.7. The van der Waals surface area contributed by atoms with Crippen LogP contribution in [0.1, 0.15) is 45.7 Å². The van der Waals surface area contributed by atoms with E-state index in [1.165, 1.54) is 0 Å². The van der Waals surface area contributed by atoms with Gasteiger partial charge in [-0.3, -0.25) is 10.1 Å². The molecule has 2 N–H and O–H groups in total. The zero-order valence-corrected chi connectivity index (χ0v) is 21.8. The Bertz CT molecular complexity index is 1030. The van der Waals surface area contributed by atoms with Gasteiger partial charge in [0.15, 0.2) is 0 Å². The van der Waals surface area contributed by atoms with Crippen molar-refractivity contribution in [1.29, 1.82) is 0 Å². The molecule has 32 heavy (non-hydrogen) atoms. The molecule has 3 rings (SSSR count). The standard InChI is InChI=1S/C25H26ClNO.C2H6.H3NS/c1-16(2)25(5,6)28-21-9-7-19(8-10-21)22-12-17(3)13-23(26)24(22)20-11-18(4)14-27-15-20;2*1-2/h7-15H,1H2,2-6H3;1-2H3;2H,1H2. The van der Waals surface area contributed by atoms with Crippen molar-refractivity contribution in [3.05, 3.63) is 83.2 Å². The molecule has 0 amide bonds. The van der Waals surface area contributed by atoms with E-state index >= 15 is 0 Å². The first-order valence-electron chi connectivity index (χ1n) is 10.6. The number of nitrogens with zero attached hydrogens (tertiary/aromatic N) is 1. The molecule has 0 aliphatic carbocycles. The van der Waals surface area contributed by atoms with E-state index in [0.29, 0.717) is 0 Å². The Balaban J connectivity index is 0.00000121. The Morgan fingerprint density at radius 3 is 2.09 bits per heavy atom. The monoisotopic (exact) mass is 470 g/mol. The van der Waals surface area contributed by atoms with Crippen molar-refractivity contribution in [1.82, 2.24) is 4.98 Å². The molecule has 0 aliphatic rings. The molecule has 0 bridgehead atoms. The fourth-order valence-electron chi connectivity index (χ4n) is 3.04. The molecule has 0 unspecified atom stereocenters. The van der Waals surface area contributed by atoms with Crippen LogP contribution in [-0.2, 0) is 0 Å². The normalized spacial score (nSPS) is 10.3. The summed E-state index contributed by atoms with van der Waals surface area (Å²) in [4.78, 5) is 4.34. The number of aryl methyl sites for hydroxylation is 2. The SMILES string of the molecule is C=C(C)C(C)(C)Oc1ccc(-c2cc(C)cc(Cl)c2-c2cncc(C)c2)cc1.CC.NS. The first-order chi connectivity index (χ1) is 15.2. The minimum Gasteiger partial charge on any atom is -0.484 e. The summed E-state index contributed by atoms with van der Waals surface area (Å²) in [7, 11) is 0. The Morgan fingerprint density at radius 1 is 0.969 bits per heavy atom. The summed E-state index contributed by atoms with van der Waals surface area (Å²) in [6, 6.07) is 14.4. The molecule has 0 spiro atoms. The second-order valence-electron chi connectivity index (χ2n) is 7.84. The molecule has 0 fully saturated rings. The maximum atomic E-state index is 6.66. The van der Waals surface area contributed by atoms with Gasteiger partial charge in [-0.05, 0) is 86.7 Å². The first-order valence-corrected chi connectivity index (χ1v) is 11.5. The van der Waals surface area contributed by atoms with Gasteiger partial charge in [0.1, 0.15) is 11.4 Å². The molecule has 0 atom stereocenters. The molecule has 1 aromatic heterocycles. The van der Waals surface area contributed by atoms with Crippen LogP contribution in [0.5, 0.6) is 5.75 Å². The maximum Gasteiger partial charge on any atom is 0.124 e. The molecule has 0 radical (unpaired) electrons. The fraction of sp³-hybridized carbons (Fsp3) is 0.296. The zero-order valence-electron chi connectivity index (χ0n) is 20.2. The summed E-state index contributed by atoms with van der Waals surface area (Å²) in [5.74, 6) is 0.814. The highest BCUT2D eigenvalue weighted by molar-refractivity contribution is 7.77. The van der Waals surface area contributed by atoms with Crippen molar-refractivity contribution in [2.45, 2.75) is 54.1 Å². The number of pyridine rings is 1. The van der Waals surface area contributed by atoms with E-state index in [0.717, 1.165) is 49.7 Å². The van der Waals surface area contributed by atoms with Crippen molar-refractivity contribution in [2.24, 2.45) is 5.14 Å². The van der Waals surface area contributed by atoms with Crippen LogP contribution in [0.15, 0.2) is 67.0 Å². The zero-order chi connectivity index (χ0) is 24.5. The summed E-state index contributed by atoms with van der Waals surface area (Å²) in [6.45, 7) is 18.1. The molecule has 5 heteroatoms.